The Morgan fingerprint density at radius 3 is 2.12 bits per heavy atom. The average molecular weight is 448 g/mol. The van der Waals surface area contributed by atoms with Crippen LogP contribution in [0, 0.1) is 0 Å². The summed E-state index contributed by atoms with van der Waals surface area (Å²) in [5.74, 6) is -1.08. The largest absolute Gasteiger partial charge is 0.416 e. The normalized spacial score (nSPS) is 11.5. The minimum atomic E-state index is -4.61. The minimum absolute atomic E-state index is 0.0514. The Kier molecular flexibility index (Phi) is 6.71. The van der Waals surface area contributed by atoms with Gasteiger partial charge in [0.1, 0.15) is 0 Å². The quantitative estimate of drug-likeness (QED) is 0.568. The summed E-state index contributed by atoms with van der Waals surface area (Å²) in [5.41, 5.74) is 0.110. The zero-order chi connectivity index (χ0) is 23.5. The van der Waals surface area contributed by atoms with Gasteiger partial charge < -0.3 is 10.6 Å². The van der Waals surface area contributed by atoms with Gasteiger partial charge in [0.05, 0.1) is 28.0 Å². The first kappa shape index (κ1) is 23.1. The molecule has 2 aromatic carbocycles. The molecule has 1 aromatic heterocycles. The fourth-order valence-electron chi connectivity index (χ4n) is 3.48. The monoisotopic (exact) mass is 448 g/mol. The molecule has 2 N–H and O–H groups in total. The highest BCUT2D eigenvalue weighted by atomic mass is 19.4. The SMILES string of the molecule is CCCn1c(=O)n(CCC(=O)Nc2cc(C(F)(F)F)ccc2NC(C)=O)c2ccccc21. The van der Waals surface area contributed by atoms with Crippen LogP contribution in [0.25, 0.3) is 11.0 Å². The van der Waals surface area contributed by atoms with Crippen LogP contribution < -0.4 is 16.3 Å². The summed E-state index contributed by atoms with van der Waals surface area (Å²) >= 11 is 0. The molecule has 7 nitrogen and oxygen atoms in total. The fraction of sp³-hybridized carbons (Fsp3) is 0.318. The van der Waals surface area contributed by atoms with Crippen LogP contribution in [-0.4, -0.2) is 20.9 Å². The number of carbonyl (C=O) groups excluding carboxylic acids is 2. The predicted molar refractivity (Wildman–Crippen MR) is 115 cm³/mol. The third-order valence-electron chi connectivity index (χ3n) is 4.87. The number of alkyl halides is 3. The zero-order valence-electron chi connectivity index (χ0n) is 17.6. The van der Waals surface area contributed by atoms with Crippen molar-refractivity contribution in [1.82, 2.24) is 9.13 Å². The highest BCUT2D eigenvalue weighted by Crippen LogP contribution is 2.34. The zero-order valence-corrected chi connectivity index (χ0v) is 17.6. The van der Waals surface area contributed by atoms with Gasteiger partial charge in [-0.25, -0.2) is 4.79 Å². The van der Waals surface area contributed by atoms with E-state index in [1.165, 1.54) is 11.5 Å². The first-order chi connectivity index (χ1) is 15.1. The summed E-state index contributed by atoms with van der Waals surface area (Å²) in [6, 6.07) is 9.89. The summed E-state index contributed by atoms with van der Waals surface area (Å²) < 4.78 is 42.4. The van der Waals surface area contributed by atoms with Gasteiger partial charge in [-0.15, -0.1) is 0 Å². The maximum Gasteiger partial charge on any atom is 0.416 e. The van der Waals surface area contributed by atoms with Crippen LogP contribution in [0.15, 0.2) is 47.3 Å². The van der Waals surface area contributed by atoms with Crippen molar-refractivity contribution >= 4 is 34.2 Å². The number of aryl methyl sites for hydroxylation is 2. The Balaban J connectivity index is 1.83. The van der Waals surface area contributed by atoms with Crippen molar-refractivity contribution in [3.63, 3.8) is 0 Å². The molecule has 0 aliphatic rings. The van der Waals surface area contributed by atoms with Crippen LogP contribution >= 0.6 is 0 Å². The lowest BCUT2D eigenvalue weighted by Crippen LogP contribution is -2.26. The molecule has 0 bridgehead atoms. The second kappa shape index (κ2) is 9.29. The molecule has 3 aromatic rings. The third-order valence-corrected chi connectivity index (χ3v) is 4.87. The molecular formula is C22H23F3N4O3. The average Bonchev–Trinajstić information content (AvgIpc) is 2.98. The molecule has 0 aliphatic heterocycles. The molecule has 2 amide bonds. The van der Waals surface area contributed by atoms with Gasteiger partial charge in [-0.3, -0.25) is 18.7 Å². The first-order valence-corrected chi connectivity index (χ1v) is 10.1. The van der Waals surface area contributed by atoms with E-state index in [-0.39, 0.29) is 30.0 Å². The molecule has 0 saturated heterocycles. The van der Waals surface area contributed by atoms with Crippen molar-refractivity contribution in [2.45, 2.75) is 46.0 Å². The van der Waals surface area contributed by atoms with Crippen LogP contribution in [0.4, 0.5) is 24.5 Å². The lowest BCUT2D eigenvalue weighted by Gasteiger charge is -2.15. The van der Waals surface area contributed by atoms with Crippen LogP contribution in [-0.2, 0) is 28.9 Å². The summed E-state index contributed by atoms with van der Waals surface area (Å²) in [5, 5.41) is 4.82. The van der Waals surface area contributed by atoms with Crippen molar-refractivity contribution in [1.29, 1.82) is 0 Å². The van der Waals surface area contributed by atoms with Crippen molar-refractivity contribution < 1.29 is 22.8 Å². The third kappa shape index (κ3) is 5.01. The van der Waals surface area contributed by atoms with Crippen LogP contribution in [0.5, 0.6) is 0 Å². The standard InChI is InChI=1S/C22H23F3N4O3/c1-3-11-28-18-6-4-5-7-19(18)29(21(28)32)12-10-20(31)27-17-13-15(22(23,24)25)8-9-16(17)26-14(2)30/h4-9,13H,3,10-12H2,1-2H3,(H,26,30)(H,27,31). The molecule has 170 valence electrons. The predicted octanol–water partition coefficient (Wildman–Crippen LogP) is 4.22. The van der Waals surface area contributed by atoms with E-state index in [1.807, 2.05) is 19.1 Å². The van der Waals surface area contributed by atoms with E-state index in [1.54, 1.807) is 16.7 Å². The number of halogens is 3. The van der Waals surface area contributed by atoms with E-state index in [4.69, 9.17) is 0 Å². The summed E-state index contributed by atoms with van der Waals surface area (Å²) in [4.78, 5) is 36.7. The Morgan fingerprint density at radius 1 is 0.938 bits per heavy atom. The van der Waals surface area contributed by atoms with Crippen LogP contribution in [0.3, 0.4) is 0 Å². The summed E-state index contributed by atoms with van der Waals surface area (Å²) in [7, 11) is 0. The Bertz CT molecular complexity index is 1210. The number of nitrogens with zero attached hydrogens (tertiary/aromatic N) is 2. The highest BCUT2D eigenvalue weighted by Gasteiger charge is 2.31. The van der Waals surface area contributed by atoms with E-state index in [9.17, 15) is 27.6 Å². The Morgan fingerprint density at radius 2 is 1.56 bits per heavy atom. The van der Waals surface area contributed by atoms with Gasteiger partial charge in [0.2, 0.25) is 11.8 Å². The number of nitrogens with one attached hydrogen (secondary N) is 2. The van der Waals surface area contributed by atoms with Gasteiger partial charge in [-0.1, -0.05) is 19.1 Å². The molecular weight excluding hydrogens is 425 g/mol. The number of hydrogen-bond acceptors (Lipinski definition) is 3. The molecule has 0 radical (unpaired) electrons. The molecule has 0 aliphatic carbocycles. The number of imidazole rings is 1. The van der Waals surface area contributed by atoms with Gasteiger partial charge in [-0.05, 0) is 36.8 Å². The number of benzene rings is 2. The minimum Gasteiger partial charge on any atom is -0.325 e. The van der Waals surface area contributed by atoms with Gasteiger partial charge >= 0.3 is 11.9 Å². The van der Waals surface area contributed by atoms with Gasteiger partial charge in [0.25, 0.3) is 0 Å². The van der Waals surface area contributed by atoms with Crippen LogP contribution in [0.2, 0.25) is 0 Å². The maximum atomic E-state index is 13.1. The number of anilines is 2. The number of carbonyl (C=O) groups is 2. The number of rotatable bonds is 7. The highest BCUT2D eigenvalue weighted by molar-refractivity contribution is 5.99. The lowest BCUT2D eigenvalue weighted by molar-refractivity contribution is -0.137. The number of hydrogen-bond donors (Lipinski definition) is 2. The number of fused-ring (bicyclic) bond motifs is 1. The molecule has 0 atom stereocenters. The molecule has 0 saturated carbocycles. The Labute approximate surface area is 181 Å². The molecule has 0 spiro atoms. The Hall–Kier alpha value is -3.56. The molecule has 1 heterocycles. The number of aromatic nitrogens is 2. The van der Waals surface area contributed by atoms with Crippen molar-refractivity contribution in [2.75, 3.05) is 10.6 Å². The topological polar surface area (TPSA) is 85.1 Å². The van der Waals surface area contributed by atoms with Gasteiger partial charge in [0.15, 0.2) is 0 Å². The van der Waals surface area contributed by atoms with Gasteiger partial charge in [0, 0.05) is 26.4 Å². The smallest absolute Gasteiger partial charge is 0.325 e. The first-order valence-electron chi connectivity index (χ1n) is 10.1. The number of para-hydroxylation sites is 2. The maximum absolute atomic E-state index is 13.1. The van der Waals surface area contributed by atoms with Crippen LogP contribution in [0.1, 0.15) is 32.3 Å². The van der Waals surface area contributed by atoms with E-state index >= 15 is 0 Å². The van der Waals surface area contributed by atoms with Gasteiger partial charge in [-0.2, -0.15) is 13.2 Å². The molecule has 0 fully saturated rings. The second-order valence-corrected chi connectivity index (χ2v) is 7.31. The van der Waals surface area contributed by atoms with E-state index in [2.05, 4.69) is 10.6 Å². The molecule has 32 heavy (non-hydrogen) atoms. The molecule has 10 heteroatoms. The second-order valence-electron chi connectivity index (χ2n) is 7.31. The summed E-state index contributed by atoms with van der Waals surface area (Å²) in [6.45, 7) is 3.74. The molecule has 3 rings (SSSR count). The van der Waals surface area contributed by atoms with E-state index < -0.39 is 23.6 Å². The van der Waals surface area contributed by atoms with E-state index in [0.717, 1.165) is 30.1 Å². The molecule has 0 unspecified atom stereocenters. The van der Waals surface area contributed by atoms with Crippen molar-refractivity contribution in [3.8, 4) is 0 Å². The fourth-order valence-corrected chi connectivity index (χ4v) is 3.48. The lowest BCUT2D eigenvalue weighted by atomic mass is 10.1. The number of amides is 2. The van der Waals surface area contributed by atoms with E-state index in [0.29, 0.717) is 12.1 Å². The van der Waals surface area contributed by atoms with Crippen molar-refractivity contribution in [3.05, 3.63) is 58.5 Å². The summed E-state index contributed by atoms with van der Waals surface area (Å²) in [6.07, 6.45) is -3.99. The van der Waals surface area contributed by atoms with Crippen molar-refractivity contribution in [2.24, 2.45) is 0 Å².